The monoisotopic (exact) mass is 409 g/mol. The topological polar surface area (TPSA) is 70.7 Å². The second kappa shape index (κ2) is 8.67. The van der Waals surface area contributed by atoms with Crippen molar-refractivity contribution in [3.63, 3.8) is 0 Å². The van der Waals surface area contributed by atoms with Gasteiger partial charge in [0.2, 0.25) is 0 Å². The minimum atomic E-state index is -0.777. The lowest BCUT2D eigenvalue weighted by Crippen LogP contribution is -2.49. The predicted molar refractivity (Wildman–Crippen MR) is 110 cm³/mol. The minimum Gasteiger partial charge on any atom is -0.463 e. The fourth-order valence-electron chi connectivity index (χ4n) is 4.04. The van der Waals surface area contributed by atoms with Crippen LogP contribution in [0.3, 0.4) is 0 Å². The molecule has 7 heteroatoms. The molecule has 4 rings (SSSR count). The molecule has 0 fully saturated rings. The van der Waals surface area contributed by atoms with Crippen molar-refractivity contribution in [1.82, 2.24) is 15.5 Å². The number of fused-ring (bicyclic) bond motifs is 1. The molecule has 2 aromatic carbocycles. The first kappa shape index (κ1) is 20.1. The number of ether oxygens (including phenoxy) is 1. The molecule has 2 N–H and O–H groups in total. The number of carbonyl (C=O) groups is 2. The van der Waals surface area contributed by atoms with Gasteiger partial charge in [-0.3, -0.25) is 4.90 Å². The van der Waals surface area contributed by atoms with Gasteiger partial charge >= 0.3 is 12.0 Å². The SMILES string of the molecule is CCOC(=O)C1=C(CN2CCc3ccccc3C2)NC(=O)NC1c1cccc(F)c1. The fourth-order valence-corrected chi connectivity index (χ4v) is 4.04. The van der Waals surface area contributed by atoms with Crippen LogP contribution in [0, 0.1) is 5.82 Å². The van der Waals surface area contributed by atoms with Crippen molar-refractivity contribution in [1.29, 1.82) is 0 Å². The molecule has 0 radical (unpaired) electrons. The van der Waals surface area contributed by atoms with E-state index in [1.54, 1.807) is 19.1 Å². The number of hydrogen-bond donors (Lipinski definition) is 2. The zero-order valence-electron chi connectivity index (χ0n) is 16.8. The number of esters is 1. The number of benzene rings is 2. The summed E-state index contributed by atoms with van der Waals surface area (Å²) in [6.45, 7) is 3.86. The maximum absolute atomic E-state index is 13.8. The first-order valence-corrected chi connectivity index (χ1v) is 10.1. The Hall–Kier alpha value is -3.19. The molecule has 2 amide bonds. The summed E-state index contributed by atoms with van der Waals surface area (Å²) in [6.07, 6.45) is 0.901. The lowest BCUT2D eigenvalue weighted by Gasteiger charge is -2.34. The van der Waals surface area contributed by atoms with Gasteiger partial charge in [-0.2, -0.15) is 0 Å². The summed E-state index contributed by atoms with van der Waals surface area (Å²) in [4.78, 5) is 27.4. The average molecular weight is 409 g/mol. The van der Waals surface area contributed by atoms with Gasteiger partial charge in [0.1, 0.15) is 5.82 Å². The van der Waals surface area contributed by atoms with Crippen LogP contribution in [0.15, 0.2) is 59.8 Å². The third-order valence-corrected chi connectivity index (χ3v) is 5.42. The highest BCUT2D eigenvalue weighted by Crippen LogP contribution is 2.29. The van der Waals surface area contributed by atoms with E-state index in [2.05, 4.69) is 27.7 Å². The van der Waals surface area contributed by atoms with Crippen molar-refractivity contribution < 1.29 is 18.7 Å². The third-order valence-electron chi connectivity index (χ3n) is 5.42. The molecule has 0 saturated carbocycles. The van der Waals surface area contributed by atoms with Crippen LogP contribution in [0.4, 0.5) is 9.18 Å². The van der Waals surface area contributed by atoms with Gasteiger partial charge in [-0.1, -0.05) is 36.4 Å². The number of amides is 2. The minimum absolute atomic E-state index is 0.205. The van der Waals surface area contributed by atoms with Gasteiger partial charge in [0.15, 0.2) is 0 Å². The van der Waals surface area contributed by atoms with Gasteiger partial charge in [-0.05, 0) is 42.2 Å². The van der Waals surface area contributed by atoms with Crippen LogP contribution >= 0.6 is 0 Å². The molecule has 1 atom stereocenters. The highest BCUT2D eigenvalue weighted by atomic mass is 19.1. The Kier molecular flexibility index (Phi) is 5.81. The van der Waals surface area contributed by atoms with Gasteiger partial charge < -0.3 is 15.4 Å². The molecule has 0 saturated heterocycles. The second-order valence-corrected chi connectivity index (χ2v) is 7.43. The van der Waals surface area contributed by atoms with E-state index < -0.39 is 23.9 Å². The molecule has 2 aliphatic heterocycles. The van der Waals surface area contributed by atoms with Gasteiger partial charge in [-0.25, -0.2) is 14.0 Å². The summed E-state index contributed by atoms with van der Waals surface area (Å²) in [7, 11) is 0. The molecule has 30 heavy (non-hydrogen) atoms. The van der Waals surface area contributed by atoms with Gasteiger partial charge in [0, 0.05) is 25.3 Å². The summed E-state index contributed by atoms with van der Waals surface area (Å²) in [5.74, 6) is -0.954. The highest BCUT2D eigenvalue weighted by Gasteiger charge is 2.34. The van der Waals surface area contributed by atoms with Crippen LogP contribution in [0.5, 0.6) is 0 Å². The molecule has 0 aliphatic carbocycles. The Balaban J connectivity index is 1.68. The molecule has 2 aliphatic rings. The lowest BCUT2D eigenvalue weighted by molar-refractivity contribution is -0.139. The number of carbonyl (C=O) groups excluding carboxylic acids is 2. The fraction of sp³-hybridized carbons (Fsp3) is 0.304. The zero-order chi connectivity index (χ0) is 21.1. The standard InChI is InChI=1S/C23H24FN3O3/c1-2-30-22(28)20-19(14-27-11-10-15-6-3-4-7-17(15)13-27)25-23(29)26-21(20)16-8-5-9-18(24)12-16/h3-9,12,21H,2,10-11,13-14H2,1H3,(H2,25,26,29). The van der Waals surface area contributed by atoms with E-state index in [-0.39, 0.29) is 6.61 Å². The third kappa shape index (κ3) is 4.21. The number of rotatable bonds is 5. The van der Waals surface area contributed by atoms with Crippen molar-refractivity contribution in [2.45, 2.75) is 25.9 Å². The van der Waals surface area contributed by atoms with Crippen molar-refractivity contribution >= 4 is 12.0 Å². The Morgan fingerprint density at radius 3 is 2.77 bits per heavy atom. The summed E-state index contributed by atoms with van der Waals surface area (Å²) >= 11 is 0. The van der Waals surface area contributed by atoms with Crippen molar-refractivity contribution in [3.05, 3.63) is 82.3 Å². The van der Waals surface area contributed by atoms with Crippen molar-refractivity contribution in [2.24, 2.45) is 0 Å². The summed E-state index contributed by atoms with van der Waals surface area (Å²) < 4.78 is 19.1. The van der Waals surface area contributed by atoms with Crippen LogP contribution < -0.4 is 10.6 Å². The maximum atomic E-state index is 13.8. The van der Waals surface area contributed by atoms with Gasteiger partial charge in [0.05, 0.1) is 18.2 Å². The lowest BCUT2D eigenvalue weighted by atomic mass is 9.94. The molecular formula is C23H24FN3O3. The quantitative estimate of drug-likeness (QED) is 0.745. The molecule has 0 spiro atoms. The van der Waals surface area contributed by atoms with E-state index in [4.69, 9.17) is 4.74 Å². The summed E-state index contributed by atoms with van der Waals surface area (Å²) in [5.41, 5.74) is 3.85. The van der Waals surface area contributed by atoms with E-state index >= 15 is 0 Å². The molecule has 0 aromatic heterocycles. The first-order valence-electron chi connectivity index (χ1n) is 10.1. The largest absolute Gasteiger partial charge is 0.463 e. The number of nitrogens with one attached hydrogen (secondary N) is 2. The number of hydrogen-bond acceptors (Lipinski definition) is 4. The Morgan fingerprint density at radius 1 is 1.20 bits per heavy atom. The van der Waals surface area contributed by atoms with Gasteiger partial charge in [-0.15, -0.1) is 0 Å². The predicted octanol–water partition coefficient (Wildman–Crippen LogP) is 3.06. The van der Waals surface area contributed by atoms with E-state index in [0.717, 1.165) is 19.5 Å². The maximum Gasteiger partial charge on any atom is 0.338 e. The Labute approximate surface area is 174 Å². The average Bonchev–Trinajstić information content (AvgIpc) is 2.73. The van der Waals surface area contributed by atoms with Crippen molar-refractivity contribution in [3.8, 4) is 0 Å². The molecule has 1 unspecified atom stereocenters. The number of nitrogens with zero attached hydrogens (tertiary/aromatic N) is 1. The van der Waals surface area contributed by atoms with Crippen molar-refractivity contribution in [2.75, 3.05) is 19.7 Å². The molecule has 2 heterocycles. The summed E-state index contributed by atoms with van der Waals surface area (Å²) in [5, 5.41) is 5.52. The van der Waals surface area contributed by atoms with E-state index in [1.165, 1.54) is 23.3 Å². The molecule has 2 aromatic rings. The smallest absolute Gasteiger partial charge is 0.338 e. The Morgan fingerprint density at radius 2 is 2.00 bits per heavy atom. The zero-order valence-corrected chi connectivity index (χ0v) is 16.8. The van der Waals surface area contributed by atoms with E-state index in [0.29, 0.717) is 23.4 Å². The molecule has 6 nitrogen and oxygen atoms in total. The van der Waals surface area contributed by atoms with Crippen LogP contribution in [-0.2, 0) is 22.5 Å². The Bertz CT molecular complexity index is 1000. The van der Waals surface area contributed by atoms with E-state index in [9.17, 15) is 14.0 Å². The molecular weight excluding hydrogens is 385 g/mol. The highest BCUT2D eigenvalue weighted by molar-refractivity contribution is 5.95. The number of halogens is 1. The molecule has 156 valence electrons. The molecule has 0 bridgehead atoms. The normalized spacial score (nSPS) is 19.0. The van der Waals surface area contributed by atoms with E-state index in [1.807, 2.05) is 12.1 Å². The number of urea groups is 1. The summed E-state index contributed by atoms with van der Waals surface area (Å²) in [6, 6.07) is 13.0. The van der Waals surface area contributed by atoms with Crippen LogP contribution in [0.1, 0.15) is 29.7 Å². The van der Waals surface area contributed by atoms with Crippen LogP contribution in [-0.4, -0.2) is 36.6 Å². The van der Waals surface area contributed by atoms with Crippen LogP contribution in [0.2, 0.25) is 0 Å². The first-order chi connectivity index (χ1) is 14.5. The van der Waals surface area contributed by atoms with Crippen LogP contribution in [0.25, 0.3) is 0 Å². The second-order valence-electron chi connectivity index (χ2n) is 7.43. The van der Waals surface area contributed by atoms with Gasteiger partial charge in [0.25, 0.3) is 0 Å².